The molecule has 0 bridgehead atoms. The predicted octanol–water partition coefficient (Wildman–Crippen LogP) is 5.66. The van der Waals surface area contributed by atoms with Crippen molar-refractivity contribution in [3.8, 4) is 11.5 Å². The number of carbonyl (C=O) groups excluding carboxylic acids is 1. The van der Waals surface area contributed by atoms with E-state index in [1.165, 1.54) is 0 Å². The van der Waals surface area contributed by atoms with Crippen molar-refractivity contribution in [1.82, 2.24) is 5.32 Å². The average Bonchev–Trinajstić information content (AvgIpc) is 2.89. The number of unbranched alkanes of at least 4 members (excludes halogenated alkanes) is 1. The van der Waals surface area contributed by atoms with Crippen molar-refractivity contribution >= 4 is 11.9 Å². The average molecular weight is 520 g/mol. The summed E-state index contributed by atoms with van der Waals surface area (Å²) < 4.78 is 11.1. The van der Waals surface area contributed by atoms with Gasteiger partial charge in [-0.05, 0) is 71.3 Å². The second-order valence-corrected chi connectivity index (χ2v) is 10.3. The van der Waals surface area contributed by atoms with Crippen LogP contribution < -0.4 is 14.8 Å². The molecule has 3 aromatic rings. The molecule has 7 nitrogen and oxygen atoms in total. The van der Waals surface area contributed by atoms with Gasteiger partial charge in [0.1, 0.15) is 23.8 Å². The minimum absolute atomic E-state index is 0.0194. The van der Waals surface area contributed by atoms with Gasteiger partial charge in [-0.2, -0.15) is 0 Å². The third-order valence-electron chi connectivity index (χ3n) is 6.18. The lowest BCUT2D eigenvalue weighted by Gasteiger charge is -2.22. The number of hydrogen-bond acceptors (Lipinski definition) is 6. The summed E-state index contributed by atoms with van der Waals surface area (Å²) in [6.45, 7) is 9.03. The van der Waals surface area contributed by atoms with E-state index in [0.29, 0.717) is 34.8 Å². The molecule has 3 aromatic carbocycles. The van der Waals surface area contributed by atoms with Crippen LogP contribution in [-0.2, 0) is 16.6 Å². The Morgan fingerprint density at radius 3 is 2.05 bits per heavy atom. The maximum Gasteiger partial charge on any atom is 0.343 e. The summed E-state index contributed by atoms with van der Waals surface area (Å²) in [5, 5.41) is 23.1. The second-order valence-electron chi connectivity index (χ2n) is 10.3. The van der Waals surface area contributed by atoms with Gasteiger partial charge in [0.15, 0.2) is 0 Å². The van der Waals surface area contributed by atoms with Crippen molar-refractivity contribution in [3.63, 3.8) is 0 Å². The highest BCUT2D eigenvalue weighted by molar-refractivity contribution is 5.91. The molecule has 0 saturated heterocycles. The summed E-state index contributed by atoms with van der Waals surface area (Å²) in [5.74, 6) is -0.523. The molecule has 2 unspecified atom stereocenters. The molecule has 38 heavy (non-hydrogen) atoms. The molecule has 0 amide bonds. The molecule has 0 aliphatic heterocycles. The highest BCUT2D eigenvalue weighted by Crippen LogP contribution is 2.24. The Kier molecular flexibility index (Phi) is 10.0. The van der Waals surface area contributed by atoms with Crippen LogP contribution in [0.3, 0.4) is 0 Å². The maximum atomic E-state index is 12.5. The molecular weight excluding hydrogens is 482 g/mol. The number of benzene rings is 3. The summed E-state index contributed by atoms with van der Waals surface area (Å²) in [5.41, 5.74) is 2.81. The SMILES string of the molecule is CCCCOc1ccc(C(=O)Oc2ccc(CC(NC(O)c3ccc(C(C)(C)C)cc3)C(=O)O)cc2)cc1. The normalized spacial score (nSPS) is 13.0. The fraction of sp³-hybridized carbons (Fsp3) is 0.355. The number of aliphatic carboxylic acids is 1. The number of ether oxygens (including phenoxy) is 2. The number of nitrogens with one attached hydrogen (secondary N) is 1. The van der Waals surface area contributed by atoms with Gasteiger partial charge in [-0.1, -0.05) is 70.5 Å². The van der Waals surface area contributed by atoms with Crippen LogP contribution in [0.1, 0.15) is 73.8 Å². The molecule has 7 heteroatoms. The zero-order valence-corrected chi connectivity index (χ0v) is 22.4. The summed E-state index contributed by atoms with van der Waals surface area (Å²) in [6, 6.07) is 19.9. The fourth-order valence-electron chi connectivity index (χ4n) is 3.79. The van der Waals surface area contributed by atoms with Crippen molar-refractivity contribution in [2.24, 2.45) is 0 Å². The van der Waals surface area contributed by atoms with Gasteiger partial charge in [0, 0.05) is 0 Å². The molecule has 0 aliphatic rings. The van der Waals surface area contributed by atoms with E-state index in [1.807, 2.05) is 12.1 Å². The largest absolute Gasteiger partial charge is 0.494 e. The molecule has 0 aliphatic carbocycles. The Labute approximate surface area is 224 Å². The predicted molar refractivity (Wildman–Crippen MR) is 147 cm³/mol. The number of carbonyl (C=O) groups is 2. The first-order chi connectivity index (χ1) is 18.1. The van der Waals surface area contributed by atoms with Crippen LogP contribution in [0, 0.1) is 0 Å². The lowest BCUT2D eigenvalue weighted by molar-refractivity contribution is -0.140. The van der Waals surface area contributed by atoms with Gasteiger partial charge in [-0.25, -0.2) is 4.79 Å². The highest BCUT2D eigenvalue weighted by Gasteiger charge is 2.22. The molecule has 0 spiro atoms. The van der Waals surface area contributed by atoms with Crippen LogP contribution in [0.2, 0.25) is 0 Å². The summed E-state index contributed by atoms with van der Waals surface area (Å²) in [4.78, 5) is 24.4. The molecule has 0 saturated carbocycles. The molecular formula is C31H37NO6. The van der Waals surface area contributed by atoms with E-state index < -0.39 is 24.2 Å². The Bertz CT molecular complexity index is 1180. The Morgan fingerprint density at radius 1 is 0.895 bits per heavy atom. The molecule has 202 valence electrons. The summed E-state index contributed by atoms with van der Waals surface area (Å²) >= 11 is 0. The number of esters is 1. The number of rotatable bonds is 12. The van der Waals surface area contributed by atoms with Crippen LogP contribution in [0.15, 0.2) is 72.8 Å². The number of aliphatic hydroxyl groups excluding tert-OH is 1. The van der Waals surface area contributed by atoms with Gasteiger partial charge >= 0.3 is 11.9 Å². The first-order valence-corrected chi connectivity index (χ1v) is 12.9. The van der Waals surface area contributed by atoms with Crippen molar-refractivity contribution in [1.29, 1.82) is 0 Å². The minimum atomic E-state index is -1.13. The Morgan fingerprint density at radius 2 is 1.50 bits per heavy atom. The quantitative estimate of drug-likeness (QED) is 0.123. The molecule has 3 rings (SSSR count). The number of carboxylic acids is 1. The van der Waals surface area contributed by atoms with E-state index in [1.54, 1.807) is 60.7 Å². The van der Waals surface area contributed by atoms with E-state index >= 15 is 0 Å². The first kappa shape index (κ1) is 28.9. The monoisotopic (exact) mass is 519 g/mol. The summed E-state index contributed by atoms with van der Waals surface area (Å²) in [7, 11) is 0. The number of hydrogen-bond donors (Lipinski definition) is 3. The molecule has 0 aromatic heterocycles. The van der Waals surface area contributed by atoms with Gasteiger partial charge in [0.25, 0.3) is 0 Å². The third-order valence-corrected chi connectivity index (χ3v) is 6.18. The fourth-order valence-corrected chi connectivity index (χ4v) is 3.79. The summed E-state index contributed by atoms with van der Waals surface area (Å²) in [6.07, 6.45) is 1.02. The molecule has 2 atom stereocenters. The lowest BCUT2D eigenvalue weighted by atomic mass is 9.86. The topological polar surface area (TPSA) is 105 Å². The molecule has 0 fully saturated rings. The van der Waals surface area contributed by atoms with Gasteiger partial charge in [0.05, 0.1) is 12.2 Å². The highest BCUT2D eigenvalue weighted by atomic mass is 16.5. The van der Waals surface area contributed by atoms with Crippen LogP contribution >= 0.6 is 0 Å². The molecule has 0 heterocycles. The minimum Gasteiger partial charge on any atom is -0.494 e. The standard InChI is InChI=1S/C31H37NO6/c1-5-6-19-37-25-17-11-23(12-18-25)30(36)38-26-15-7-21(8-16-26)20-27(29(34)35)32-28(33)22-9-13-24(14-10-22)31(2,3)4/h7-18,27-28,32-33H,5-6,19-20H2,1-4H3,(H,34,35). The van der Waals surface area contributed by atoms with Crippen LogP contribution in [-0.4, -0.2) is 34.8 Å². The van der Waals surface area contributed by atoms with E-state index in [9.17, 15) is 19.8 Å². The van der Waals surface area contributed by atoms with E-state index in [4.69, 9.17) is 9.47 Å². The van der Waals surface area contributed by atoms with Gasteiger partial charge in [-0.3, -0.25) is 10.1 Å². The van der Waals surface area contributed by atoms with Gasteiger partial charge in [0.2, 0.25) is 0 Å². The molecule has 3 N–H and O–H groups in total. The second kappa shape index (κ2) is 13.2. The maximum absolute atomic E-state index is 12.5. The first-order valence-electron chi connectivity index (χ1n) is 12.9. The van der Waals surface area contributed by atoms with Crippen molar-refractivity contribution in [3.05, 3.63) is 95.1 Å². The number of aliphatic hydroxyl groups is 1. The van der Waals surface area contributed by atoms with E-state index in [-0.39, 0.29) is 11.8 Å². The van der Waals surface area contributed by atoms with Crippen LogP contribution in [0.4, 0.5) is 0 Å². The van der Waals surface area contributed by atoms with E-state index in [2.05, 4.69) is 33.0 Å². The zero-order valence-electron chi connectivity index (χ0n) is 22.4. The van der Waals surface area contributed by atoms with Crippen molar-refractivity contribution < 1.29 is 29.3 Å². The van der Waals surface area contributed by atoms with Crippen LogP contribution in [0.5, 0.6) is 11.5 Å². The smallest absolute Gasteiger partial charge is 0.343 e. The van der Waals surface area contributed by atoms with Crippen molar-refractivity contribution in [2.75, 3.05) is 6.61 Å². The lowest BCUT2D eigenvalue weighted by Crippen LogP contribution is -2.40. The zero-order chi connectivity index (χ0) is 27.7. The third kappa shape index (κ3) is 8.43. The van der Waals surface area contributed by atoms with Gasteiger partial charge in [-0.15, -0.1) is 0 Å². The van der Waals surface area contributed by atoms with E-state index in [0.717, 1.165) is 18.4 Å². The Balaban J connectivity index is 1.57. The van der Waals surface area contributed by atoms with Crippen LogP contribution in [0.25, 0.3) is 0 Å². The molecule has 0 radical (unpaired) electrons. The van der Waals surface area contributed by atoms with Crippen molar-refractivity contribution in [2.45, 2.75) is 64.6 Å². The Hall–Kier alpha value is -3.68. The van der Waals surface area contributed by atoms with Gasteiger partial charge < -0.3 is 19.7 Å². The number of carboxylic acid groups (broad SMARTS) is 1.